The molecule has 2 aromatic heterocycles. The molecule has 2 aromatic rings. The van der Waals surface area contributed by atoms with Gasteiger partial charge in [-0.3, -0.25) is 5.10 Å². The number of nitrogens with zero attached hydrogens (tertiary/aromatic N) is 5. The Morgan fingerprint density at radius 1 is 1.50 bits per heavy atom. The lowest BCUT2D eigenvalue weighted by Gasteiger charge is -2.32. The molecule has 1 aliphatic heterocycles. The molecule has 1 N–H and O–H groups in total. The smallest absolute Gasteiger partial charge is 0.229 e. The standard InChI is InChI=1S/C14H18N6O2/c1-2-21-5-3-13-15-10-16-14(19-13)20-4-6-22-12(9-20)11-7-17-18-8-11/h3,5,7-8,10,12H,2,4,6,9H2,1H3,(H,17,18)/b5-3+. The predicted molar refractivity (Wildman–Crippen MR) is 80.0 cm³/mol. The Morgan fingerprint density at radius 3 is 3.27 bits per heavy atom. The summed E-state index contributed by atoms with van der Waals surface area (Å²) in [5.41, 5.74) is 1.02. The summed E-state index contributed by atoms with van der Waals surface area (Å²) in [6.45, 7) is 4.58. The monoisotopic (exact) mass is 302 g/mol. The number of hydrogen-bond acceptors (Lipinski definition) is 7. The number of aromatic amines is 1. The fraction of sp³-hybridized carbons (Fsp3) is 0.429. The van der Waals surface area contributed by atoms with Crippen molar-refractivity contribution in [3.63, 3.8) is 0 Å². The summed E-state index contributed by atoms with van der Waals surface area (Å²) in [6.07, 6.45) is 8.41. The number of anilines is 1. The molecule has 0 aliphatic carbocycles. The molecule has 3 rings (SSSR count). The lowest BCUT2D eigenvalue weighted by molar-refractivity contribution is 0.0392. The van der Waals surface area contributed by atoms with Gasteiger partial charge in [-0.05, 0) is 6.92 Å². The molecule has 0 radical (unpaired) electrons. The van der Waals surface area contributed by atoms with E-state index in [0.717, 1.165) is 12.1 Å². The first kappa shape index (κ1) is 14.5. The van der Waals surface area contributed by atoms with Crippen molar-refractivity contribution in [2.24, 2.45) is 0 Å². The van der Waals surface area contributed by atoms with E-state index in [0.29, 0.717) is 31.5 Å². The van der Waals surface area contributed by atoms with E-state index in [2.05, 4.69) is 30.0 Å². The van der Waals surface area contributed by atoms with Gasteiger partial charge in [-0.25, -0.2) is 9.97 Å². The van der Waals surface area contributed by atoms with Crippen LogP contribution in [0.1, 0.15) is 24.4 Å². The topological polar surface area (TPSA) is 89.0 Å². The Kier molecular flexibility index (Phi) is 4.59. The minimum atomic E-state index is -0.0355. The Morgan fingerprint density at radius 2 is 2.45 bits per heavy atom. The van der Waals surface area contributed by atoms with Gasteiger partial charge in [0.05, 0.1) is 32.2 Å². The maximum absolute atomic E-state index is 5.78. The van der Waals surface area contributed by atoms with Crippen LogP contribution in [0.5, 0.6) is 0 Å². The third kappa shape index (κ3) is 3.40. The summed E-state index contributed by atoms with van der Waals surface area (Å²) in [4.78, 5) is 14.9. The van der Waals surface area contributed by atoms with Crippen molar-refractivity contribution in [3.05, 3.63) is 36.4 Å². The van der Waals surface area contributed by atoms with Crippen LogP contribution in [0.15, 0.2) is 25.0 Å². The second-order valence-corrected chi connectivity index (χ2v) is 4.74. The van der Waals surface area contributed by atoms with E-state index in [4.69, 9.17) is 9.47 Å². The zero-order valence-electron chi connectivity index (χ0n) is 12.3. The Bertz CT molecular complexity index is 616. The third-order valence-electron chi connectivity index (χ3n) is 3.30. The quantitative estimate of drug-likeness (QED) is 0.829. The molecule has 3 heterocycles. The van der Waals surface area contributed by atoms with Crippen LogP contribution >= 0.6 is 0 Å². The van der Waals surface area contributed by atoms with Crippen molar-refractivity contribution < 1.29 is 9.47 Å². The van der Waals surface area contributed by atoms with Crippen LogP contribution in [0.4, 0.5) is 5.95 Å². The summed E-state index contributed by atoms with van der Waals surface area (Å²) in [5.74, 6) is 1.22. The molecule has 116 valence electrons. The summed E-state index contributed by atoms with van der Waals surface area (Å²) >= 11 is 0. The van der Waals surface area contributed by atoms with E-state index >= 15 is 0 Å². The van der Waals surface area contributed by atoms with Crippen LogP contribution in [0.25, 0.3) is 6.08 Å². The third-order valence-corrected chi connectivity index (χ3v) is 3.30. The molecule has 1 unspecified atom stereocenters. The number of hydrogen-bond donors (Lipinski definition) is 1. The van der Waals surface area contributed by atoms with Gasteiger partial charge in [0.2, 0.25) is 5.95 Å². The molecule has 0 saturated carbocycles. The van der Waals surface area contributed by atoms with E-state index < -0.39 is 0 Å². The van der Waals surface area contributed by atoms with Crippen molar-refractivity contribution in [1.82, 2.24) is 25.1 Å². The van der Waals surface area contributed by atoms with Crippen molar-refractivity contribution in [2.45, 2.75) is 13.0 Å². The van der Waals surface area contributed by atoms with Gasteiger partial charge in [-0.2, -0.15) is 10.1 Å². The van der Waals surface area contributed by atoms with Gasteiger partial charge in [-0.15, -0.1) is 0 Å². The summed E-state index contributed by atoms with van der Waals surface area (Å²) in [7, 11) is 0. The maximum Gasteiger partial charge on any atom is 0.229 e. The molecule has 0 aromatic carbocycles. The lowest BCUT2D eigenvalue weighted by Crippen LogP contribution is -2.39. The fourth-order valence-electron chi connectivity index (χ4n) is 2.21. The first-order chi connectivity index (χ1) is 10.9. The van der Waals surface area contributed by atoms with Crippen molar-refractivity contribution in [2.75, 3.05) is 31.2 Å². The Balaban J connectivity index is 1.71. The zero-order valence-corrected chi connectivity index (χ0v) is 12.3. The van der Waals surface area contributed by atoms with E-state index in [1.165, 1.54) is 6.33 Å². The van der Waals surface area contributed by atoms with Gasteiger partial charge in [0.1, 0.15) is 12.4 Å². The highest BCUT2D eigenvalue weighted by Crippen LogP contribution is 2.23. The van der Waals surface area contributed by atoms with Gasteiger partial charge in [0, 0.05) is 24.4 Å². The SMILES string of the molecule is CCO/C=C/c1ncnc(N2CCOC(c3cn[nH]c3)C2)n1. The summed E-state index contributed by atoms with van der Waals surface area (Å²) < 4.78 is 10.9. The van der Waals surface area contributed by atoms with E-state index in [-0.39, 0.29) is 6.10 Å². The number of rotatable bonds is 5. The number of morpholine rings is 1. The van der Waals surface area contributed by atoms with Crippen LogP contribution in [-0.4, -0.2) is 51.5 Å². The molecule has 8 heteroatoms. The minimum absolute atomic E-state index is 0.0355. The Labute approximate surface area is 128 Å². The number of H-pyrrole nitrogens is 1. The van der Waals surface area contributed by atoms with E-state index in [1.54, 1.807) is 18.5 Å². The van der Waals surface area contributed by atoms with Gasteiger partial charge >= 0.3 is 0 Å². The molecule has 1 atom stereocenters. The molecule has 0 amide bonds. The van der Waals surface area contributed by atoms with Gasteiger partial charge in [0.15, 0.2) is 5.82 Å². The van der Waals surface area contributed by atoms with Gasteiger partial charge in [-0.1, -0.05) is 0 Å². The largest absolute Gasteiger partial charge is 0.501 e. The highest BCUT2D eigenvalue weighted by molar-refractivity contribution is 5.41. The zero-order chi connectivity index (χ0) is 15.2. The van der Waals surface area contributed by atoms with Crippen molar-refractivity contribution in [1.29, 1.82) is 0 Å². The summed E-state index contributed by atoms with van der Waals surface area (Å²) in [6, 6.07) is 0. The highest BCUT2D eigenvalue weighted by Gasteiger charge is 2.24. The minimum Gasteiger partial charge on any atom is -0.501 e. The molecular weight excluding hydrogens is 284 g/mol. The van der Waals surface area contributed by atoms with Crippen molar-refractivity contribution >= 4 is 12.0 Å². The Hall–Kier alpha value is -2.48. The van der Waals surface area contributed by atoms with Crippen LogP contribution in [0.2, 0.25) is 0 Å². The van der Waals surface area contributed by atoms with E-state index in [1.807, 2.05) is 13.1 Å². The average Bonchev–Trinajstić information content (AvgIpc) is 3.10. The van der Waals surface area contributed by atoms with Crippen LogP contribution in [-0.2, 0) is 9.47 Å². The number of aromatic nitrogens is 5. The van der Waals surface area contributed by atoms with E-state index in [9.17, 15) is 0 Å². The number of nitrogens with one attached hydrogen (secondary N) is 1. The second kappa shape index (κ2) is 6.99. The average molecular weight is 302 g/mol. The molecule has 1 fully saturated rings. The normalized spacial score (nSPS) is 18.8. The van der Waals surface area contributed by atoms with Crippen LogP contribution in [0, 0.1) is 0 Å². The van der Waals surface area contributed by atoms with Gasteiger partial charge in [0.25, 0.3) is 0 Å². The predicted octanol–water partition coefficient (Wildman–Crippen LogP) is 1.18. The molecule has 22 heavy (non-hydrogen) atoms. The van der Waals surface area contributed by atoms with Crippen molar-refractivity contribution in [3.8, 4) is 0 Å². The molecule has 0 bridgehead atoms. The van der Waals surface area contributed by atoms with Crippen LogP contribution in [0.3, 0.4) is 0 Å². The molecule has 1 saturated heterocycles. The van der Waals surface area contributed by atoms with Crippen LogP contribution < -0.4 is 4.90 Å². The molecule has 0 spiro atoms. The molecular formula is C14H18N6O2. The lowest BCUT2D eigenvalue weighted by atomic mass is 10.2. The first-order valence-electron chi connectivity index (χ1n) is 7.19. The summed E-state index contributed by atoms with van der Waals surface area (Å²) in [5, 5.41) is 6.77. The van der Waals surface area contributed by atoms with Gasteiger partial charge < -0.3 is 14.4 Å². The number of ether oxygens (including phenoxy) is 2. The maximum atomic E-state index is 5.78. The molecule has 1 aliphatic rings. The fourth-order valence-corrected chi connectivity index (χ4v) is 2.21. The first-order valence-corrected chi connectivity index (χ1v) is 7.19. The highest BCUT2D eigenvalue weighted by atomic mass is 16.5. The second-order valence-electron chi connectivity index (χ2n) is 4.74. The molecule has 8 nitrogen and oxygen atoms in total.